The molecule has 2 atom stereocenters. The first-order valence-electron chi connectivity index (χ1n) is 6.20. The zero-order valence-corrected chi connectivity index (χ0v) is 11.9. The number of sulfonamides is 1. The molecule has 0 amide bonds. The number of nitrogens with one attached hydrogen (secondary N) is 1. The SMILES string of the molecule is CS(=O)(=O)[N-][C@@H](c1ccccc1)[C@@H]([NH-])c1ccccc1. The van der Waals surface area contributed by atoms with Crippen LogP contribution in [0.15, 0.2) is 60.7 Å². The quantitative estimate of drug-likeness (QED) is 0.838. The Hall–Kier alpha value is -1.69. The van der Waals surface area contributed by atoms with E-state index in [-0.39, 0.29) is 0 Å². The van der Waals surface area contributed by atoms with E-state index in [2.05, 4.69) is 4.72 Å². The summed E-state index contributed by atoms with van der Waals surface area (Å²) in [4.78, 5) is 0. The third kappa shape index (κ3) is 3.90. The van der Waals surface area contributed by atoms with Crippen LogP contribution in [0.2, 0.25) is 0 Å². The Morgan fingerprint density at radius 2 is 1.35 bits per heavy atom. The van der Waals surface area contributed by atoms with Gasteiger partial charge in [0.2, 0.25) is 0 Å². The number of hydrogen-bond donors (Lipinski definition) is 0. The zero-order valence-electron chi connectivity index (χ0n) is 11.1. The van der Waals surface area contributed by atoms with Crippen molar-refractivity contribution < 1.29 is 8.42 Å². The van der Waals surface area contributed by atoms with Crippen LogP contribution in [-0.4, -0.2) is 14.7 Å². The monoisotopic (exact) mass is 288 g/mol. The molecule has 0 fully saturated rings. The molecule has 5 heteroatoms. The minimum atomic E-state index is -3.52. The van der Waals surface area contributed by atoms with Crippen molar-refractivity contribution in [2.75, 3.05) is 6.26 Å². The molecule has 0 aromatic heterocycles. The van der Waals surface area contributed by atoms with Crippen molar-refractivity contribution in [3.63, 3.8) is 0 Å². The van der Waals surface area contributed by atoms with Gasteiger partial charge in [-0.05, 0) is 0 Å². The van der Waals surface area contributed by atoms with Gasteiger partial charge >= 0.3 is 0 Å². The predicted octanol–water partition coefficient (Wildman–Crippen LogP) is 3.85. The maximum Gasteiger partial charge on any atom is 0.0696 e. The molecule has 0 unspecified atom stereocenters. The van der Waals surface area contributed by atoms with Gasteiger partial charge in [-0.2, -0.15) is 0 Å². The molecule has 1 N–H and O–H groups in total. The summed E-state index contributed by atoms with van der Waals surface area (Å²) in [6.45, 7) is 0. The van der Waals surface area contributed by atoms with Crippen LogP contribution in [0.1, 0.15) is 23.2 Å². The van der Waals surface area contributed by atoms with Gasteiger partial charge in [0.15, 0.2) is 0 Å². The van der Waals surface area contributed by atoms with Crippen LogP contribution < -0.4 is 0 Å². The number of nitrogens with zero attached hydrogens (tertiary/aromatic N) is 1. The Balaban J connectivity index is 2.37. The highest BCUT2D eigenvalue weighted by molar-refractivity contribution is 7.93. The lowest BCUT2D eigenvalue weighted by Crippen LogP contribution is -2.11. The van der Waals surface area contributed by atoms with Crippen molar-refractivity contribution in [3.8, 4) is 0 Å². The first-order valence-corrected chi connectivity index (χ1v) is 8.05. The van der Waals surface area contributed by atoms with Gasteiger partial charge in [-0.1, -0.05) is 71.8 Å². The summed E-state index contributed by atoms with van der Waals surface area (Å²) < 4.78 is 26.8. The number of hydrogen-bond acceptors (Lipinski definition) is 2. The van der Waals surface area contributed by atoms with Gasteiger partial charge in [0.25, 0.3) is 0 Å². The van der Waals surface area contributed by atoms with Gasteiger partial charge in [0.1, 0.15) is 0 Å². The van der Waals surface area contributed by atoms with E-state index in [0.29, 0.717) is 0 Å². The highest BCUT2D eigenvalue weighted by Crippen LogP contribution is 2.38. The maximum absolute atomic E-state index is 11.5. The van der Waals surface area contributed by atoms with Gasteiger partial charge in [0, 0.05) is 6.26 Å². The van der Waals surface area contributed by atoms with Crippen molar-refractivity contribution in [1.29, 1.82) is 0 Å². The summed E-state index contributed by atoms with van der Waals surface area (Å²) >= 11 is 0. The lowest BCUT2D eigenvalue weighted by atomic mass is 9.95. The molecule has 0 heterocycles. The fraction of sp³-hybridized carbons (Fsp3) is 0.200. The standard InChI is InChI=1S/C15H16N2O2S/c1-20(18,19)17-15(13-10-6-3-7-11-13)14(16)12-8-4-2-5-9-12/h2-11,14-16H,1H3/q-2/t14-,15-/m0/s1. The van der Waals surface area contributed by atoms with Gasteiger partial charge < -0.3 is 10.5 Å². The molecule has 0 aliphatic heterocycles. The smallest absolute Gasteiger partial charge is 0.0696 e. The first-order chi connectivity index (χ1) is 9.47. The van der Waals surface area contributed by atoms with Crippen LogP contribution >= 0.6 is 0 Å². The average molecular weight is 288 g/mol. The summed E-state index contributed by atoms with van der Waals surface area (Å²) in [7, 11) is -3.52. The molecular formula is C15H16N2O2S-2. The number of benzene rings is 2. The molecule has 0 aliphatic rings. The second-order valence-electron chi connectivity index (χ2n) is 4.58. The van der Waals surface area contributed by atoms with Crippen LogP contribution in [-0.2, 0) is 10.0 Å². The zero-order chi connectivity index (χ0) is 14.6. The minimum absolute atomic E-state index is 0.724. The Labute approximate surface area is 119 Å². The molecule has 0 radical (unpaired) electrons. The van der Waals surface area contributed by atoms with Crippen LogP contribution in [0, 0.1) is 0 Å². The molecule has 2 aromatic rings. The highest BCUT2D eigenvalue weighted by Gasteiger charge is 2.10. The van der Waals surface area contributed by atoms with Crippen LogP contribution in [0.4, 0.5) is 0 Å². The summed E-state index contributed by atoms with van der Waals surface area (Å²) in [5, 5.41) is 0. The molecule has 0 spiro atoms. The molecule has 20 heavy (non-hydrogen) atoms. The van der Waals surface area contributed by atoms with Gasteiger partial charge in [-0.25, -0.2) is 8.42 Å². The third-order valence-corrected chi connectivity index (χ3v) is 3.53. The molecular weight excluding hydrogens is 272 g/mol. The Morgan fingerprint density at radius 3 is 1.80 bits per heavy atom. The second kappa shape index (κ2) is 6.17. The van der Waals surface area contributed by atoms with E-state index >= 15 is 0 Å². The Kier molecular flexibility index (Phi) is 4.54. The van der Waals surface area contributed by atoms with Crippen molar-refractivity contribution in [1.82, 2.24) is 0 Å². The van der Waals surface area contributed by atoms with E-state index in [1.807, 2.05) is 48.5 Å². The molecule has 0 saturated heterocycles. The molecule has 106 valence electrons. The van der Waals surface area contributed by atoms with E-state index < -0.39 is 22.1 Å². The van der Waals surface area contributed by atoms with Crippen molar-refractivity contribution >= 4 is 10.0 Å². The van der Waals surface area contributed by atoms with Gasteiger partial charge in [0.05, 0.1) is 10.0 Å². The summed E-state index contributed by atoms with van der Waals surface area (Å²) in [6.07, 6.45) is 1.06. The summed E-state index contributed by atoms with van der Waals surface area (Å²) in [5.41, 5.74) is 9.80. The number of rotatable bonds is 5. The molecule has 0 saturated carbocycles. The Bertz CT molecular complexity index is 642. The Morgan fingerprint density at radius 1 is 0.900 bits per heavy atom. The summed E-state index contributed by atoms with van der Waals surface area (Å²) in [5.74, 6) is 0. The highest BCUT2D eigenvalue weighted by atomic mass is 32.2. The van der Waals surface area contributed by atoms with Crippen LogP contribution in [0.3, 0.4) is 0 Å². The minimum Gasteiger partial charge on any atom is -0.672 e. The van der Waals surface area contributed by atoms with Crippen molar-refractivity contribution in [3.05, 3.63) is 82.2 Å². The lowest BCUT2D eigenvalue weighted by molar-refractivity contribution is 0.600. The molecule has 4 nitrogen and oxygen atoms in total. The third-order valence-electron chi connectivity index (χ3n) is 2.92. The van der Waals surface area contributed by atoms with Crippen LogP contribution in [0.5, 0.6) is 0 Å². The van der Waals surface area contributed by atoms with Gasteiger partial charge in [-0.3, -0.25) is 0 Å². The molecule has 2 aromatic carbocycles. The topological polar surface area (TPSA) is 72.0 Å². The van der Waals surface area contributed by atoms with E-state index in [4.69, 9.17) is 5.73 Å². The van der Waals surface area contributed by atoms with Crippen molar-refractivity contribution in [2.45, 2.75) is 12.1 Å². The maximum atomic E-state index is 11.5. The largest absolute Gasteiger partial charge is 0.672 e. The second-order valence-corrected chi connectivity index (χ2v) is 6.26. The molecule has 2 rings (SSSR count). The predicted molar refractivity (Wildman–Crippen MR) is 80.9 cm³/mol. The first kappa shape index (κ1) is 14.7. The van der Waals surface area contributed by atoms with Gasteiger partial charge in [-0.15, -0.1) is 12.1 Å². The molecule has 0 bridgehead atoms. The van der Waals surface area contributed by atoms with Crippen LogP contribution in [0.25, 0.3) is 10.5 Å². The average Bonchev–Trinajstić information content (AvgIpc) is 2.45. The normalized spacial score (nSPS) is 14.7. The van der Waals surface area contributed by atoms with E-state index in [1.54, 1.807) is 12.1 Å². The van der Waals surface area contributed by atoms with E-state index in [9.17, 15) is 8.42 Å². The fourth-order valence-corrected chi connectivity index (χ4v) is 2.67. The van der Waals surface area contributed by atoms with E-state index in [1.165, 1.54) is 0 Å². The van der Waals surface area contributed by atoms with Crippen molar-refractivity contribution in [2.24, 2.45) is 0 Å². The fourth-order valence-electron chi connectivity index (χ4n) is 2.01. The van der Waals surface area contributed by atoms with E-state index in [0.717, 1.165) is 17.4 Å². The summed E-state index contributed by atoms with van der Waals surface area (Å²) in [6, 6.07) is 16.7. The molecule has 0 aliphatic carbocycles. The lowest BCUT2D eigenvalue weighted by Gasteiger charge is -2.41.